The van der Waals surface area contributed by atoms with Crippen molar-refractivity contribution in [3.8, 4) is 17.1 Å². The lowest BCUT2D eigenvalue weighted by molar-refractivity contribution is -0.142. The number of nitrogens with zero attached hydrogens (tertiary/aromatic N) is 3. The summed E-state index contributed by atoms with van der Waals surface area (Å²) >= 11 is 0. The first-order valence-electron chi connectivity index (χ1n) is 9.96. The molecule has 0 bridgehead atoms. The molecule has 10 heteroatoms. The predicted octanol–water partition coefficient (Wildman–Crippen LogP) is 4.00. The summed E-state index contributed by atoms with van der Waals surface area (Å²) in [4.78, 5) is 12.1. The molecule has 1 fully saturated rings. The summed E-state index contributed by atoms with van der Waals surface area (Å²) in [7, 11) is 0. The molecule has 4 rings (SSSR count). The molecular formula is C22H21F3N4O3. The van der Waals surface area contributed by atoms with Crippen molar-refractivity contribution in [3.05, 3.63) is 65.5 Å². The van der Waals surface area contributed by atoms with E-state index in [1.807, 2.05) is 36.4 Å². The van der Waals surface area contributed by atoms with Gasteiger partial charge in [-0.3, -0.25) is 4.98 Å². The summed E-state index contributed by atoms with van der Waals surface area (Å²) in [5.74, 6) is -0.480. The molecule has 1 aliphatic rings. The Labute approximate surface area is 182 Å². The molecule has 32 heavy (non-hydrogen) atoms. The van der Waals surface area contributed by atoms with Crippen LogP contribution in [0.1, 0.15) is 29.8 Å². The van der Waals surface area contributed by atoms with Crippen molar-refractivity contribution >= 4 is 5.95 Å². The Morgan fingerprint density at radius 1 is 1.16 bits per heavy atom. The topological polar surface area (TPSA) is 89.4 Å². The molecule has 1 saturated heterocycles. The number of pyridine rings is 1. The molecule has 0 amide bonds. The van der Waals surface area contributed by atoms with Gasteiger partial charge < -0.3 is 19.9 Å². The van der Waals surface area contributed by atoms with Crippen LogP contribution < -0.4 is 10.1 Å². The normalized spacial score (nSPS) is 15.2. The van der Waals surface area contributed by atoms with E-state index in [9.17, 15) is 18.3 Å². The predicted molar refractivity (Wildman–Crippen MR) is 110 cm³/mol. The lowest BCUT2D eigenvalue weighted by Gasteiger charge is -2.27. The monoisotopic (exact) mass is 446 g/mol. The summed E-state index contributed by atoms with van der Waals surface area (Å²) in [5.41, 5.74) is 2.04. The van der Waals surface area contributed by atoms with E-state index in [-0.39, 0.29) is 19.2 Å². The van der Waals surface area contributed by atoms with Crippen LogP contribution in [0.25, 0.3) is 11.3 Å². The number of aromatic nitrogens is 3. The molecule has 1 aromatic carbocycles. The van der Waals surface area contributed by atoms with Crippen molar-refractivity contribution in [2.24, 2.45) is 0 Å². The fourth-order valence-electron chi connectivity index (χ4n) is 3.00. The number of rotatable bonds is 7. The van der Waals surface area contributed by atoms with Crippen LogP contribution in [0, 0.1) is 0 Å². The highest BCUT2D eigenvalue weighted by Gasteiger charge is 2.37. The van der Waals surface area contributed by atoms with E-state index < -0.39 is 29.8 Å². The van der Waals surface area contributed by atoms with Crippen LogP contribution in [0.5, 0.6) is 5.88 Å². The van der Waals surface area contributed by atoms with Crippen molar-refractivity contribution in [2.45, 2.75) is 31.9 Å². The first-order chi connectivity index (χ1) is 15.3. The van der Waals surface area contributed by atoms with Crippen LogP contribution in [0.3, 0.4) is 0 Å². The second-order valence-electron chi connectivity index (χ2n) is 7.36. The smallest absolute Gasteiger partial charge is 0.423 e. The fourth-order valence-corrected chi connectivity index (χ4v) is 3.00. The molecule has 0 saturated carbocycles. The average Bonchev–Trinajstić information content (AvgIpc) is 2.74. The largest absolute Gasteiger partial charge is 0.469 e. The van der Waals surface area contributed by atoms with Gasteiger partial charge in [-0.1, -0.05) is 30.3 Å². The van der Waals surface area contributed by atoms with Gasteiger partial charge in [0.2, 0.25) is 11.8 Å². The summed E-state index contributed by atoms with van der Waals surface area (Å²) in [6.45, 7) is 2.41. The number of anilines is 1. The van der Waals surface area contributed by atoms with E-state index in [4.69, 9.17) is 9.47 Å². The van der Waals surface area contributed by atoms with Gasteiger partial charge in [0.15, 0.2) is 0 Å². The highest BCUT2D eigenvalue weighted by Crippen LogP contribution is 2.36. The number of aliphatic hydroxyl groups is 1. The number of benzene rings is 1. The van der Waals surface area contributed by atoms with Crippen LogP contribution in [-0.4, -0.2) is 39.4 Å². The second kappa shape index (κ2) is 9.09. The third-order valence-corrected chi connectivity index (χ3v) is 4.84. The maximum Gasteiger partial charge on any atom is 0.423 e. The Kier molecular flexibility index (Phi) is 6.24. The molecule has 2 N–H and O–H groups in total. The number of nitrogens with one attached hydrogen (secondary N) is 1. The molecule has 3 heterocycles. The highest BCUT2D eigenvalue weighted by atomic mass is 19.4. The Morgan fingerprint density at radius 3 is 2.53 bits per heavy atom. The van der Waals surface area contributed by atoms with Crippen molar-refractivity contribution in [2.75, 3.05) is 18.5 Å². The fraction of sp³-hybridized carbons (Fsp3) is 0.318. The van der Waals surface area contributed by atoms with Gasteiger partial charge in [-0.05, 0) is 24.6 Å². The number of alkyl halides is 3. The van der Waals surface area contributed by atoms with Gasteiger partial charge in [-0.2, -0.15) is 18.2 Å². The number of hydrogen-bond donors (Lipinski definition) is 2. The number of hydrogen-bond acceptors (Lipinski definition) is 7. The SMILES string of the molecule is CC(O)c1cccc(-c2ccc(CNc3ncc(C(F)(F)F)c(OC4COC4)n3)cc2)n1. The highest BCUT2D eigenvalue weighted by molar-refractivity contribution is 5.59. The molecule has 3 aromatic rings. The molecule has 0 aliphatic carbocycles. The molecule has 0 radical (unpaired) electrons. The quantitative estimate of drug-likeness (QED) is 0.567. The van der Waals surface area contributed by atoms with Crippen LogP contribution in [0.4, 0.5) is 19.1 Å². The number of halogens is 3. The van der Waals surface area contributed by atoms with Gasteiger partial charge >= 0.3 is 6.18 Å². The van der Waals surface area contributed by atoms with Crippen molar-refractivity contribution < 1.29 is 27.8 Å². The van der Waals surface area contributed by atoms with E-state index in [1.165, 1.54) is 0 Å². The van der Waals surface area contributed by atoms with E-state index in [0.717, 1.165) is 16.8 Å². The van der Waals surface area contributed by atoms with Crippen molar-refractivity contribution in [1.29, 1.82) is 0 Å². The van der Waals surface area contributed by atoms with E-state index in [1.54, 1.807) is 13.0 Å². The van der Waals surface area contributed by atoms with Gasteiger partial charge in [0.25, 0.3) is 0 Å². The van der Waals surface area contributed by atoms with Gasteiger partial charge in [-0.25, -0.2) is 4.98 Å². The minimum atomic E-state index is -4.62. The summed E-state index contributed by atoms with van der Waals surface area (Å²) in [5, 5.41) is 12.6. The maximum absolute atomic E-state index is 13.2. The average molecular weight is 446 g/mol. The molecule has 0 spiro atoms. The zero-order chi connectivity index (χ0) is 22.7. The van der Waals surface area contributed by atoms with Crippen LogP contribution in [0.15, 0.2) is 48.7 Å². The lowest BCUT2D eigenvalue weighted by Crippen LogP contribution is -2.39. The minimum Gasteiger partial charge on any atom is -0.469 e. The zero-order valence-corrected chi connectivity index (χ0v) is 17.1. The van der Waals surface area contributed by atoms with Crippen LogP contribution in [-0.2, 0) is 17.5 Å². The first-order valence-corrected chi connectivity index (χ1v) is 9.96. The zero-order valence-electron chi connectivity index (χ0n) is 17.1. The third-order valence-electron chi connectivity index (χ3n) is 4.84. The maximum atomic E-state index is 13.2. The summed E-state index contributed by atoms with van der Waals surface area (Å²) < 4.78 is 49.9. The Bertz CT molecular complexity index is 1070. The Hall–Kier alpha value is -3.24. The van der Waals surface area contributed by atoms with Gasteiger partial charge in [0, 0.05) is 18.3 Å². The molecule has 1 aliphatic heterocycles. The molecule has 1 unspecified atom stereocenters. The van der Waals surface area contributed by atoms with E-state index in [2.05, 4.69) is 20.3 Å². The molecule has 1 atom stereocenters. The van der Waals surface area contributed by atoms with Gasteiger partial charge in [0.1, 0.15) is 11.7 Å². The molecule has 168 valence electrons. The summed E-state index contributed by atoms with van der Waals surface area (Å²) in [6, 6.07) is 12.9. The van der Waals surface area contributed by atoms with E-state index >= 15 is 0 Å². The molecular weight excluding hydrogens is 425 g/mol. The number of ether oxygens (including phenoxy) is 2. The molecule has 7 nitrogen and oxygen atoms in total. The Morgan fingerprint density at radius 2 is 1.91 bits per heavy atom. The van der Waals surface area contributed by atoms with Crippen molar-refractivity contribution in [3.63, 3.8) is 0 Å². The van der Waals surface area contributed by atoms with E-state index in [0.29, 0.717) is 18.4 Å². The number of aliphatic hydroxyl groups excluding tert-OH is 1. The minimum absolute atomic E-state index is 0.0311. The molecule has 2 aromatic heterocycles. The van der Waals surface area contributed by atoms with Crippen LogP contribution in [0.2, 0.25) is 0 Å². The Balaban J connectivity index is 1.45. The van der Waals surface area contributed by atoms with Gasteiger partial charge in [-0.15, -0.1) is 0 Å². The standard InChI is InChI=1S/C22H21F3N4O3/c1-13(30)18-3-2-4-19(28-18)15-7-5-14(6-8-15)9-26-21-27-10-17(22(23,24)25)20(29-21)32-16-11-31-12-16/h2-8,10,13,16,30H,9,11-12H2,1H3,(H,26,27,29). The third kappa shape index (κ3) is 5.14. The second-order valence-corrected chi connectivity index (χ2v) is 7.36. The lowest BCUT2D eigenvalue weighted by atomic mass is 10.1. The van der Waals surface area contributed by atoms with Crippen molar-refractivity contribution in [1.82, 2.24) is 15.0 Å². The van der Waals surface area contributed by atoms with Crippen LogP contribution >= 0.6 is 0 Å². The van der Waals surface area contributed by atoms with Gasteiger partial charge in [0.05, 0.1) is 30.7 Å². The first kappa shape index (κ1) is 22.0. The summed E-state index contributed by atoms with van der Waals surface area (Å²) in [6.07, 6.45) is -5.01.